The molecule has 2 heterocycles. The van der Waals surface area contributed by atoms with E-state index in [9.17, 15) is 4.79 Å². The fourth-order valence-corrected chi connectivity index (χ4v) is 5.91. The lowest BCUT2D eigenvalue weighted by molar-refractivity contribution is -0.127. The van der Waals surface area contributed by atoms with E-state index >= 15 is 0 Å². The van der Waals surface area contributed by atoms with E-state index < -0.39 is 9.04 Å². The van der Waals surface area contributed by atoms with E-state index in [0.717, 1.165) is 25.2 Å². The lowest BCUT2D eigenvalue weighted by atomic mass is 10.1. The van der Waals surface area contributed by atoms with Gasteiger partial charge in [0, 0.05) is 12.7 Å². The first-order valence-electron chi connectivity index (χ1n) is 8.07. The summed E-state index contributed by atoms with van der Waals surface area (Å²) in [6, 6.07) is 5.67. The Labute approximate surface area is 135 Å². The maximum Gasteiger partial charge on any atom is 0.256 e. The normalized spacial score (nSPS) is 20.0. The van der Waals surface area contributed by atoms with Crippen molar-refractivity contribution in [3.8, 4) is 0 Å². The third kappa shape index (κ3) is 3.96. The average molecular weight is 320 g/mol. The van der Waals surface area contributed by atoms with Crippen LogP contribution in [0, 0.1) is 0 Å². The van der Waals surface area contributed by atoms with Gasteiger partial charge in [-0.05, 0) is 35.6 Å². The van der Waals surface area contributed by atoms with E-state index in [-0.39, 0.29) is 17.0 Å². The van der Waals surface area contributed by atoms with Gasteiger partial charge in [-0.1, -0.05) is 40.7 Å². The van der Waals surface area contributed by atoms with Gasteiger partial charge < -0.3 is 4.43 Å². The number of hydrogen-bond acceptors (Lipinski definition) is 3. The van der Waals surface area contributed by atoms with Crippen LogP contribution in [0.3, 0.4) is 0 Å². The Morgan fingerprint density at radius 1 is 1.36 bits per heavy atom. The summed E-state index contributed by atoms with van der Waals surface area (Å²) in [7, 11) is -1.08. The van der Waals surface area contributed by atoms with Crippen molar-refractivity contribution in [2.45, 2.75) is 64.1 Å². The molecule has 0 N–H and O–H groups in total. The molecule has 0 saturated carbocycles. The first kappa shape index (κ1) is 17.2. The molecule has 1 aliphatic heterocycles. The molecule has 1 unspecified atom stereocenters. The standard InChI is InChI=1S/C17H27N2O2Si/c1-13(2)22(17(3,4)5)21-14-9-8-12-19(16(14)20)15-10-6-7-11-18-15/h6-7,10-11,13-14H,8-9,12H2,1-5H3. The molecule has 0 bridgehead atoms. The first-order chi connectivity index (χ1) is 10.3. The fraction of sp³-hybridized carbons (Fsp3) is 0.647. The van der Waals surface area contributed by atoms with Crippen LogP contribution >= 0.6 is 0 Å². The van der Waals surface area contributed by atoms with E-state index in [2.05, 4.69) is 39.6 Å². The number of carbonyl (C=O) groups is 1. The largest absolute Gasteiger partial charge is 0.404 e. The SMILES string of the molecule is CC(C)[Si](OC1CCCN(c2ccccn2)C1=O)C(C)(C)C. The van der Waals surface area contributed by atoms with Gasteiger partial charge in [0.05, 0.1) is 0 Å². The van der Waals surface area contributed by atoms with Crippen LogP contribution in [0.2, 0.25) is 10.6 Å². The van der Waals surface area contributed by atoms with Crippen molar-refractivity contribution in [1.82, 2.24) is 4.98 Å². The third-order valence-corrected chi connectivity index (χ3v) is 6.91. The highest BCUT2D eigenvalue weighted by atomic mass is 28.3. The van der Waals surface area contributed by atoms with Crippen LogP contribution in [0.1, 0.15) is 47.5 Å². The first-order valence-corrected chi connectivity index (χ1v) is 9.55. The maximum absolute atomic E-state index is 12.8. The van der Waals surface area contributed by atoms with Crippen molar-refractivity contribution in [1.29, 1.82) is 0 Å². The number of pyridine rings is 1. The van der Waals surface area contributed by atoms with E-state index in [1.807, 2.05) is 18.2 Å². The molecule has 1 amide bonds. The predicted molar refractivity (Wildman–Crippen MR) is 91.3 cm³/mol. The summed E-state index contributed by atoms with van der Waals surface area (Å²) in [5.74, 6) is 0.798. The van der Waals surface area contributed by atoms with Crippen LogP contribution in [0.25, 0.3) is 0 Å². The zero-order valence-corrected chi connectivity index (χ0v) is 15.3. The lowest BCUT2D eigenvalue weighted by Gasteiger charge is -2.38. The number of anilines is 1. The Morgan fingerprint density at radius 2 is 2.09 bits per heavy atom. The van der Waals surface area contributed by atoms with Crippen molar-refractivity contribution in [3.63, 3.8) is 0 Å². The van der Waals surface area contributed by atoms with Gasteiger partial charge in [0.2, 0.25) is 9.04 Å². The molecule has 0 aromatic carbocycles. The molecule has 1 radical (unpaired) electrons. The summed E-state index contributed by atoms with van der Waals surface area (Å²) in [6.07, 6.45) is 3.20. The third-order valence-electron chi connectivity index (χ3n) is 3.85. The van der Waals surface area contributed by atoms with Crippen LogP contribution in [0.5, 0.6) is 0 Å². The van der Waals surface area contributed by atoms with Crippen LogP contribution in [0.4, 0.5) is 5.82 Å². The Bertz CT molecular complexity index is 499. The minimum atomic E-state index is -1.08. The zero-order valence-electron chi connectivity index (χ0n) is 14.3. The van der Waals surface area contributed by atoms with Crippen LogP contribution < -0.4 is 4.90 Å². The van der Waals surface area contributed by atoms with Gasteiger partial charge in [0.15, 0.2) is 0 Å². The van der Waals surface area contributed by atoms with Crippen molar-refractivity contribution < 1.29 is 9.22 Å². The number of aromatic nitrogens is 1. The zero-order chi connectivity index (χ0) is 16.3. The van der Waals surface area contributed by atoms with Crippen LogP contribution in [-0.2, 0) is 9.22 Å². The molecule has 1 fully saturated rings. The quantitative estimate of drug-likeness (QED) is 0.793. The Morgan fingerprint density at radius 3 is 2.64 bits per heavy atom. The second-order valence-corrected chi connectivity index (χ2v) is 10.8. The van der Waals surface area contributed by atoms with Gasteiger partial charge in [-0.3, -0.25) is 9.69 Å². The summed E-state index contributed by atoms with van der Waals surface area (Å²) < 4.78 is 6.36. The van der Waals surface area contributed by atoms with Crippen LogP contribution in [-0.4, -0.2) is 32.6 Å². The highest BCUT2D eigenvalue weighted by molar-refractivity contribution is 6.57. The number of hydrogen-bond donors (Lipinski definition) is 0. The second kappa shape index (κ2) is 6.92. The molecular weight excluding hydrogens is 292 g/mol. The fourth-order valence-electron chi connectivity index (χ4n) is 3.02. The smallest absolute Gasteiger partial charge is 0.256 e. The number of piperidine rings is 1. The lowest BCUT2D eigenvalue weighted by Crippen LogP contribution is -2.49. The monoisotopic (exact) mass is 319 g/mol. The van der Waals surface area contributed by atoms with E-state index in [1.165, 1.54) is 0 Å². The Balaban J connectivity index is 2.13. The molecule has 5 heteroatoms. The van der Waals surface area contributed by atoms with Crippen molar-refractivity contribution >= 4 is 20.8 Å². The molecule has 22 heavy (non-hydrogen) atoms. The van der Waals surface area contributed by atoms with Crippen molar-refractivity contribution in [2.24, 2.45) is 0 Å². The van der Waals surface area contributed by atoms with Gasteiger partial charge in [-0.2, -0.15) is 0 Å². The van der Waals surface area contributed by atoms with Gasteiger partial charge in [0.25, 0.3) is 5.91 Å². The van der Waals surface area contributed by atoms with Gasteiger partial charge in [-0.15, -0.1) is 0 Å². The molecule has 4 nitrogen and oxygen atoms in total. The second-order valence-electron chi connectivity index (χ2n) is 7.20. The van der Waals surface area contributed by atoms with Gasteiger partial charge in [-0.25, -0.2) is 4.98 Å². The Kier molecular flexibility index (Phi) is 5.39. The summed E-state index contributed by atoms with van der Waals surface area (Å²) in [5.41, 5.74) is 0.475. The van der Waals surface area contributed by atoms with Crippen LogP contribution in [0.15, 0.2) is 24.4 Å². The van der Waals surface area contributed by atoms with Gasteiger partial charge >= 0.3 is 0 Å². The van der Waals surface area contributed by atoms with E-state index in [4.69, 9.17) is 4.43 Å². The number of amides is 1. The van der Waals surface area contributed by atoms with E-state index in [0.29, 0.717) is 5.54 Å². The highest BCUT2D eigenvalue weighted by Crippen LogP contribution is 2.36. The molecule has 0 spiro atoms. The summed E-state index contributed by atoms with van der Waals surface area (Å²) in [4.78, 5) is 18.9. The maximum atomic E-state index is 12.8. The van der Waals surface area contributed by atoms with Crippen molar-refractivity contribution in [2.75, 3.05) is 11.4 Å². The minimum Gasteiger partial charge on any atom is -0.404 e. The molecule has 0 aliphatic carbocycles. The minimum absolute atomic E-state index is 0.0670. The Hall–Kier alpha value is -1.20. The molecule has 1 aliphatic rings. The molecular formula is C17H27N2O2Si. The predicted octanol–water partition coefficient (Wildman–Crippen LogP) is 3.80. The van der Waals surface area contributed by atoms with Gasteiger partial charge in [0.1, 0.15) is 11.9 Å². The molecule has 121 valence electrons. The molecule has 1 aromatic rings. The number of rotatable bonds is 4. The molecule has 1 aromatic heterocycles. The van der Waals surface area contributed by atoms with E-state index in [1.54, 1.807) is 11.1 Å². The van der Waals surface area contributed by atoms with Crippen molar-refractivity contribution in [3.05, 3.63) is 24.4 Å². The summed E-state index contributed by atoms with van der Waals surface area (Å²) in [6.45, 7) is 11.8. The summed E-state index contributed by atoms with van der Waals surface area (Å²) in [5, 5.41) is 0.117. The topological polar surface area (TPSA) is 42.4 Å². The number of nitrogens with zero attached hydrogens (tertiary/aromatic N) is 2. The molecule has 1 atom stereocenters. The molecule has 1 saturated heterocycles. The summed E-state index contributed by atoms with van der Waals surface area (Å²) >= 11 is 0. The average Bonchev–Trinajstić information content (AvgIpc) is 2.45. The molecule has 2 rings (SSSR count). The highest BCUT2D eigenvalue weighted by Gasteiger charge is 2.39. The number of carbonyl (C=O) groups excluding carboxylic acids is 1.